The summed E-state index contributed by atoms with van der Waals surface area (Å²) in [4.78, 5) is 8.85. The van der Waals surface area contributed by atoms with Crippen molar-refractivity contribution in [2.24, 2.45) is 0 Å². The fourth-order valence-corrected chi connectivity index (χ4v) is 2.37. The van der Waals surface area contributed by atoms with Gasteiger partial charge >= 0.3 is 0 Å². The molecule has 1 N–H and O–H groups in total. The van der Waals surface area contributed by atoms with E-state index >= 15 is 0 Å². The highest BCUT2D eigenvalue weighted by molar-refractivity contribution is 14.1. The third kappa shape index (κ3) is 2.84. The van der Waals surface area contributed by atoms with Crippen molar-refractivity contribution in [3.05, 3.63) is 57.9 Å². The van der Waals surface area contributed by atoms with Crippen molar-refractivity contribution in [3.63, 3.8) is 0 Å². The van der Waals surface area contributed by atoms with Gasteiger partial charge in [0.15, 0.2) is 0 Å². The summed E-state index contributed by atoms with van der Waals surface area (Å²) in [6.45, 7) is 1.97. The lowest BCUT2D eigenvalue weighted by Gasteiger charge is -2.06. The Kier molecular flexibility index (Phi) is 3.33. The van der Waals surface area contributed by atoms with Crippen molar-refractivity contribution in [3.8, 4) is 0 Å². The number of rotatable bonds is 2. The second-order valence-electron chi connectivity index (χ2n) is 4.35. The van der Waals surface area contributed by atoms with Gasteiger partial charge in [0.25, 0.3) is 0 Å². The number of hydrogen-bond acceptors (Lipinski definition) is 3. The average Bonchev–Trinajstić information content (AvgIpc) is 2.42. The number of aryl methyl sites for hydroxylation is 1. The molecule has 1 aromatic carbocycles. The first-order valence-electron chi connectivity index (χ1n) is 5.97. The summed E-state index contributed by atoms with van der Waals surface area (Å²) in [6, 6.07) is 14.3. The molecule has 19 heavy (non-hydrogen) atoms. The van der Waals surface area contributed by atoms with Gasteiger partial charge in [0.05, 0.1) is 17.4 Å². The van der Waals surface area contributed by atoms with Crippen LogP contribution in [0.2, 0.25) is 0 Å². The molecule has 0 radical (unpaired) electrons. The summed E-state index contributed by atoms with van der Waals surface area (Å²) in [7, 11) is 0. The molecular weight excluding hydrogens is 349 g/mol. The second kappa shape index (κ2) is 5.13. The summed E-state index contributed by atoms with van der Waals surface area (Å²) >= 11 is 2.31. The van der Waals surface area contributed by atoms with E-state index < -0.39 is 0 Å². The standard InChI is InChI=1S/C15H12IN3/c1-10-2-5-13(9-17-10)18-15-7-3-11-8-12(16)4-6-14(11)19-15/h2-9H,1H3,(H,18,19). The monoisotopic (exact) mass is 361 g/mol. The Labute approximate surface area is 125 Å². The predicted molar refractivity (Wildman–Crippen MR) is 86.7 cm³/mol. The lowest BCUT2D eigenvalue weighted by atomic mass is 10.2. The van der Waals surface area contributed by atoms with Gasteiger partial charge in [0.1, 0.15) is 5.82 Å². The van der Waals surface area contributed by atoms with Crippen LogP contribution in [0, 0.1) is 10.5 Å². The van der Waals surface area contributed by atoms with Crippen LogP contribution in [-0.2, 0) is 0 Å². The van der Waals surface area contributed by atoms with Crippen molar-refractivity contribution in [1.29, 1.82) is 0 Å². The van der Waals surface area contributed by atoms with Crippen molar-refractivity contribution in [2.75, 3.05) is 5.32 Å². The molecule has 0 fully saturated rings. The maximum atomic E-state index is 4.59. The SMILES string of the molecule is Cc1ccc(Nc2ccc3cc(I)ccc3n2)cn1. The average molecular weight is 361 g/mol. The minimum atomic E-state index is 0.833. The first kappa shape index (κ1) is 12.3. The number of halogens is 1. The number of anilines is 2. The Bertz CT molecular complexity index is 723. The van der Waals surface area contributed by atoms with E-state index in [1.165, 1.54) is 3.57 Å². The lowest BCUT2D eigenvalue weighted by molar-refractivity contribution is 1.20. The van der Waals surface area contributed by atoms with E-state index in [4.69, 9.17) is 0 Å². The zero-order chi connectivity index (χ0) is 13.2. The van der Waals surface area contributed by atoms with Crippen molar-refractivity contribution in [2.45, 2.75) is 6.92 Å². The number of pyridine rings is 2. The van der Waals surface area contributed by atoms with E-state index in [-0.39, 0.29) is 0 Å². The smallest absolute Gasteiger partial charge is 0.131 e. The fraction of sp³-hybridized carbons (Fsp3) is 0.0667. The van der Waals surface area contributed by atoms with Gasteiger partial charge in [-0.3, -0.25) is 4.98 Å². The lowest BCUT2D eigenvalue weighted by Crippen LogP contribution is -1.94. The Hall–Kier alpha value is -1.69. The number of nitrogens with zero attached hydrogens (tertiary/aromatic N) is 2. The second-order valence-corrected chi connectivity index (χ2v) is 5.59. The van der Waals surface area contributed by atoms with E-state index in [0.29, 0.717) is 0 Å². The molecule has 0 atom stereocenters. The van der Waals surface area contributed by atoms with Gasteiger partial charge < -0.3 is 5.32 Å². The van der Waals surface area contributed by atoms with Crippen LogP contribution in [0.5, 0.6) is 0 Å². The van der Waals surface area contributed by atoms with Crippen molar-refractivity contribution >= 4 is 45.0 Å². The molecule has 0 aliphatic carbocycles. The highest BCUT2D eigenvalue weighted by Gasteiger charge is 2.00. The van der Waals surface area contributed by atoms with Crippen LogP contribution in [0.4, 0.5) is 11.5 Å². The van der Waals surface area contributed by atoms with Crippen LogP contribution in [0.25, 0.3) is 10.9 Å². The summed E-state index contributed by atoms with van der Waals surface area (Å²) in [5.41, 5.74) is 2.94. The van der Waals surface area contributed by atoms with Crippen LogP contribution < -0.4 is 5.32 Å². The molecule has 0 aliphatic heterocycles. The quantitative estimate of drug-likeness (QED) is 0.692. The van der Waals surface area contributed by atoms with Crippen molar-refractivity contribution < 1.29 is 0 Å². The molecule has 3 rings (SSSR count). The van der Waals surface area contributed by atoms with Crippen LogP contribution in [0.3, 0.4) is 0 Å². The number of nitrogens with one attached hydrogen (secondary N) is 1. The summed E-state index contributed by atoms with van der Waals surface area (Å²) in [5, 5.41) is 4.41. The summed E-state index contributed by atoms with van der Waals surface area (Å²) in [6.07, 6.45) is 1.81. The fourth-order valence-electron chi connectivity index (χ4n) is 1.86. The first-order chi connectivity index (χ1) is 9.20. The molecule has 2 heterocycles. The largest absolute Gasteiger partial charge is 0.339 e. The Morgan fingerprint density at radius 3 is 2.74 bits per heavy atom. The topological polar surface area (TPSA) is 37.8 Å². The van der Waals surface area contributed by atoms with E-state index in [1.54, 1.807) is 0 Å². The molecule has 0 aliphatic rings. The van der Waals surface area contributed by atoms with Gasteiger partial charge in [-0.25, -0.2) is 4.98 Å². The molecule has 2 aromatic heterocycles. The van der Waals surface area contributed by atoms with Gasteiger partial charge in [0, 0.05) is 14.7 Å². The number of benzene rings is 1. The molecule has 0 unspecified atom stereocenters. The minimum Gasteiger partial charge on any atom is -0.339 e. The predicted octanol–water partition coefficient (Wildman–Crippen LogP) is 4.29. The van der Waals surface area contributed by atoms with Crippen LogP contribution in [-0.4, -0.2) is 9.97 Å². The molecule has 0 spiro atoms. The van der Waals surface area contributed by atoms with Crippen molar-refractivity contribution in [1.82, 2.24) is 9.97 Å². The van der Waals surface area contributed by atoms with E-state index in [9.17, 15) is 0 Å². The zero-order valence-corrected chi connectivity index (χ0v) is 12.5. The molecule has 0 saturated heterocycles. The van der Waals surface area contributed by atoms with Gasteiger partial charge in [-0.15, -0.1) is 0 Å². The van der Waals surface area contributed by atoms with Crippen LogP contribution >= 0.6 is 22.6 Å². The summed E-state index contributed by atoms with van der Waals surface area (Å²) < 4.78 is 1.22. The molecule has 94 valence electrons. The van der Waals surface area contributed by atoms with Crippen LogP contribution in [0.15, 0.2) is 48.7 Å². The van der Waals surface area contributed by atoms with E-state index in [0.717, 1.165) is 28.1 Å². The van der Waals surface area contributed by atoms with Gasteiger partial charge in [-0.05, 0) is 72.0 Å². The molecule has 0 amide bonds. The Morgan fingerprint density at radius 1 is 1.05 bits per heavy atom. The molecule has 3 nitrogen and oxygen atoms in total. The third-order valence-corrected chi connectivity index (χ3v) is 3.51. The maximum absolute atomic E-state index is 4.59. The molecule has 0 bridgehead atoms. The zero-order valence-electron chi connectivity index (χ0n) is 10.4. The number of hydrogen-bond donors (Lipinski definition) is 1. The number of fused-ring (bicyclic) bond motifs is 1. The van der Waals surface area contributed by atoms with Gasteiger partial charge in [-0.2, -0.15) is 0 Å². The van der Waals surface area contributed by atoms with E-state index in [2.05, 4.69) is 56.1 Å². The Morgan fingerprint density at radius 2 is 1.95 bits per heavy atom. The Balaban J connectivity index is 1.93. The molecule has 0 saturated carbocycles. The van der Waals surface area contributed by atoms with E-state index in [1.807, 2.05) is 37.4 Å². The summed E-state index contributed by atoms with van der Waals surface area (Å²) in [5.74, 6) is 0.833. The first-order valence-corrected chi connectivity index (χ1v) is 7.04. The highest BCUT2D eigenvalue weighted by Crippen LogP contribution is 2.20. The van der Waals surface area contributed by atoms with Gasteiger partial charge in [0.2, 0.25) is 0 Å². The van der Waals surface area contributed by atoms with Crippen LogP contribution in [0.1, 0.15) is 5.69 Å². The normalized spacial score (nSPS) is 10.6. The third-order valence-electron chi connectivity index (χ3n) is 2.84. The maximum Gasteiger partial charge on any atom is 0.131 e. The molecule has 4 heteroatoms. The molecule has 3 aromatic rings. The highest BCUT2D eigenvalue weighted by atomic mass is 127. The minimum absolute atomic E-state index is 0.833. The molecular formula is C15H12IN3. The van der Waals surface area contributed by atoms with Gasteiger partial charge in [-0.1, -0.05) is 0 Å². The number of aromatic nitrogens is 2.